The topological polar surface area (TPSA) is 66.6 Å². The highest BCUT2D eigenvalue weighted by Gasteiger charge is 2.30. The molecule has 1 fully saturated rings. The first-order valence-electron chi connectivity index (χ1n) is 5.96. The van der Waals surface area contributed by atoms with E-state index in [2.05, 4.69) is 0 Å². The number of benzene rings is 1. The Balaban J connectivity index is 2.15. The molecule has 1 saturated heterocycles. The number of anilines is 1. The number of rotatable bonds is 1. The summed E-state index contributed by atoms with van der Waals surface area (Å²) in [6.07, 6.45) is 1.04. The summed E-state index contributed by atoms with van der Waals surface area (Å²) in [7, 11) is 0. The minimum atomic E-state index is -0.718. The van der Waals surface area contributed by atoms with Crippen LogP contribution in [0.3, 0.4) is 0 Å². The van der Waals surface area contributed by atoms with Gasteiger partial charge in [0.2, 0.25) is 0 Å². The molecular weight excluding hydrogens is 235 g/mol. The van der Waals surface area contributed by atoms with Gasteiger partial charge >= 0.3 is 0 Å². The first kappa shape index (κ1) is 12.8. The second-order valence-corrected chi connectivity index (χ2v) is 5.02. The molecule has 1 heterocycles. The van der Waals surface area contributed by atoms with E-state index in [-0.39, 0.29) is 17.2 Å². The van der Waals surface area contributed by atoms with Gasteiger partial charge in [0.15, 0.2) is 0 Å². The van der Waals surface area contributed by atoms with Crippen molar-refractivity contribution in [3.05, 3.63) is 29.6 Å². The van der Waals surface area contributed by atoms with Gasteiger partial charge in [-0.05, 0) is 38.0 Å². The van der Waals surface area contributed by atoms with Crippen molar-refractivity contribution in [1.82, 2.24) is 4.90 Å². The van der Waals surface area contributed by atoms with Crippen LogP contribution in [-0.4, -0.2) is 34.6 Å². The molecule has 18 heavy (non-hydrogen) atoms. The third kappa shape index (κ3) is 2.61. The summed E-state index contributed by atoms with van der Waals surface area (Å²) >= 11 is 0. The summed E-state index contributed by atoms with van der Waals surface area (Å²) in [5, 5.41) is 9.82. The van der Waals surface area contributed by atoms with Crippen molar-refractivity contribution in [2.24, 2.45) is 0 Å². The molecule has 0 saturated carbocycles. The van der Waals surface area contributed by atoms with Crippen molar-refractivity contribution in [2.75, 3.05) is 18.8 Å². The summed E-state index contributed by atoms with van der Waals surface area (Å²) in [6, 6.07) is 3.78. The van der Waals surface area contributed by atoms with E-state index >= 15 is 0 Å². The van der Waals surface area contributed by atoms with Crippen LogP contribution in [0.2, 0.25) is 0 Å². The van der Waals surface area contributed by atoms with Gasteiger partial charge in [0.05, 0.1) is 11.2 Å². The van der Waals surface area contributed by atoms with E-state index in [1.807, 2.05) is 0 Å². The number of likely N-dealkylation sites (tertiary alicyclic amines) is 1. The fourth-order valence-electron chi connectivity index (χ4n) is 2.08. The molecule has 1 amide bonds. The lowest BCUT2D eigenvalue weighted by Gasteiger charge is -2.35. The van der Waals surface area contributed by atoms with Crippen LogP contribution in [0.15, 0.2) is 18.2 Å². The normalized spacial score (nSPS) is 18.7. The Hall–Kier alpha value is -1.62. The Labute approximate surface area is 105 Å². The maximum atomic E-state index is 13.1. The maximum absolute atomic E-state index is 13.1. The first-order chi connectivity index (χ1) is 8.39. The maximum Gasteiger partial charge on any atom is 0.256 e. The Morgan fingerprint density at radius 2 is 2.06 bits per heavy atom. The number of nitrogens with two attached hydrogens (primary N) is 1. The van der Waals surface area contributed by atoms with Crippen LogP contribution in [-0.2, 0) is 0 Å². The molecule has 1 aromatic rings. The molecule has 0 bridgehead atoms. The third-order valence-corrected chi connectivity index (χ3v) is 3.37. The molecule has 0 aliphatic carbocycles. The number of halogens is 1. The summed E-state index contributed by atoms with van der Waals surface area (Å²) in [6.45, 7) is 2.68. The number of amides is 1. The van der Waals surface area contributed by atoms with Gasteiger partial charge in [-0.3, -0.25) is 4.79 Å². The average molecular weight is 252 g/mol. The van der Waals surface area contributed by atoms with Crippen LogP contribution in [0.25, 0.3) is 0 Å². The minimum Gasteiger partial charge on any atom is -0.398 e. The van der Waals surface area contributed by atoms with Gasteiger partial charge in [0, 0.05) is 18.8 Å². The Morgan fingerprint density at radius 3 is 2.67 bits per heavy atom. The van der Waals surface area contributed by atoms with Crippen LogP contribution in [0.1, 0.15) is 30.1 Å². The van der Waals surface area contributed by atoms with E-state index in [9.17, 15) is 14.3 Å². The lowest BCUT2D eigenvalue weighted by molar-refractivity contribution is -0.00200. The quantitative estimate of drug-likeness (QED) is 0.742. The smallest absolute Gasteiger partial charge is 0.256 e. The fraction of sp³-hybridized carbons (Fsp3) is 0.462. The van der Waals surface area contributed by atoms with Crippen molar-refractivity contribution in [3.8, 4) is 0 Å². The third-order valence-electron chi connectivity index (χ3n) is 3.37. The molecule has 1 aromatic carbocycles. The number of hydrogen-bond acceptors (Lipinski definition) is 3. The highest BCUT2D eigenvalue weighted by molar-refractivity contribution is 5.99. The monoisotopic (exact) mass is 252 g/mol. The first-order valence-corrected chi connectivity index (χ1v) is 5.96. The van der Waals surface area contributed by atoms with Crippen LogP contribution >= 0.6 is 0 Å². The van der Waals surface area contributed by atoms with E-state index in [1.54, 1.807) is 11.8 Å². The molecule has 0 aromatic heterocycles. The fourth-order valence-corrected chi connectivity index (χ4v) is 2.08. The summed E-state index contributed by atoms with van der Waals surface area (Å²) < 4.78 is 13.1. The predicted molar refractivity (Wildman–Crippen MR) is 66.6 cm³/mol. The van der Waals surface area contributed by atoms with Gasteiger partial charge in [-0.2, -0.15) is 0 Å². The van der Waals surface area contributed by atoms with Crippen LogP contribution in [0.4, 0.5) is 10.1 Å². The van der Waals surface area contributed by atoms with Crippen molar-refractivity contribution in [1.29, 1.82) is 0 Å². The van der Waals surface area contributed by atoms with Crippen molar-refractivity contribution in [2.45, 2.75) is 25.4 Å². The molecule has 4 nitrogen and oxygen atoms in total. The SMILES string of the molecule is CC1(O)CCN(C(=O)c2cc(F)ccc2N)CC1. The van der Waals surface area contributed by atoms with Gasteiger partial charge in [0.1, 0.15) is 5.82 Å². The molecule has 0 spiro atoms. The standard InChI is InChI=1S/C13H17FN2O2/c1-13(18)4-6-16(7-5-13)12(17)10-8-9(14)2-3-11(10)15/h2-3,8,18H,4-7,15H2,1H3. The number of carbonyl (C=O) groups excluding carboxylic acids is 1. The highest BCUT2D eigenvalue weighted by atomic mass is 19.1. The molecule has 1 aliphatic heterocycles. The molecule has 0 unspecified atom stereocenters. The zero-order valence-electron chi connectivity index (χ0n) is 10.3. The van der Waals surface area contributed by atoms with Gasteiger partial charge < -0.3 is 15.7 Å². The second-order valence-electron chi connectivity index (χ2n) is 5.02. The molecule has 2 rings (SSSR count). The van der Waals surface area contributed by atoms with Crippen molar-refractivity contribution >= 4 is 11.6 Å². The lowest BCUT2D eigenvalue weighted by atomic mass is 9.93. The van der Waals surface area contributed by atoms with E-state index in [0.717, 1.165) is 6.07 Å². The number of hydrogen-bond donors (Lipinski definition) is 2. The number of nitrogens with zero attached hydrogens (tertiary/aromatic N) is 1. The zero-order valence-corrected chi connectivity index (χ0v) is 10.3. The van der Waals surface area contributed by atoms with Gasteiger partial charge in [-0.25, -0.2) is 4.39 Å². The van der Waals surface area contributed by atoms with Crippen molar-refractivity contribution < 1.29 is 14.3 Å². The molecule has 1 aliphatic rings. The van der Waals surface area contributed by atoms with Crippen LogP contribution in [0, 0.1) is 5.82 Å². The molecule has 0 atom stereocenters. The van der Waals surface area contributed by atoms with Gasteiger partial charge in [-0.15, -0.1) is 0 Å². The second kappa shape index (κ2) is 4.57. The number of nitrogen functional groups attached to an aromatic ring is 1. The number of piperidine rings is 1. The lowest BCUT2D eigenvalue weighted by Crippen LogP contribution is -2.45. The van der Waals surface area contributed by atoms with Crippen LogP contribution in [0.5, 0.6) is 0 Å². The van der Waals surface area contributed by atoms with Gasteiger partial charge in [-0.1, -0.05) is 0 Å². The molecular formula is C13H17FN2O2. The molecule has 98 valence electrons. The van der Waals surface area contributed by atoms with E-state index in [4.69, 9.17) is 5.73 Å². The number of aliphatic hydroxyl groups is 1. The van der Waals surface area contributed by atoms with Crippen molar-refractivity contribution in [3.63, 3.8) is 0 Å². The molecule has 3 N–H and O–H groups in total. The van der Waals surface area contributed by atoms with E-state index in [0.29, 0.717) is 25.9 Å². The Morgan fingerprint density at radius 1 is 1.44 bits per heavy atom. The van der Waals surface area contributed by atoms with Gasteiger partial charge in [0.25, 0.3) is 5.91 Å². The Kier molecular flexibility index (Phi) is 3.26. The largest absolute Gasteiger partial charge is 0.398 e. The summed E-state index contributed by atoms with van der Waals surface area (Å²) in [5.41, 5.74) is 5.44. The highest BCUT2D eigenvalue weighted by Crippen LogP contribution is 2.24. The molecule has 0 radical (unpaired) electrons. The summed E-state index contributed by atoms with van der Waals surface area (Å²) in [4.78, 5) is 13.8. The number of carbonyl (C=O) groups is 1. The van der Waals surface area contributed by atoms with Crippen LogP contribution < -0.4 is 5.73 Å². The molecule has 5 heteroatoms. The van der Waals surface area contributed by atoms with E-state index in [1.165, 1.54) is 12.1 Å². The predicted octanol–water partition coefficient (Wildman–Crippen LogP) is 1.39. The minimum absolute atomic E-state index is 0.191. The van der Waals surface area contributed by atoms with E-state index < -0.39 is 11.4 Å². The summed E-state index contributed by atoms with van der Waals surface area (Å²) in [5.74, 6) is -0.751. The zero-order chi connectivity index (χ0) is 13.3. The Bertz CT molecular complexity index is 464. The average Bonchev–Trinajstić information content (AvgIpc) is 2.31.